The first-order chi connectivity index (χ1) is 57.8. The lowest BCUT2D eigenvalue weighted by molar-refractivity contribution is 0.0126. The van der Waals surface area contributed by atoms with Crippen LogP contribution >= 0.6 is 11.6 Å². The highest BCUT2D eigenvalue weighted by Crippen LogP contribution is 2.47. The average molecular weight is 1690 g/mol. The molecule has 12 aromatic rings. The fourth-order valence-corrected chi connectivity index (χ4v) is 14.8. The van der Waals surface area contributed by atoms with Gasteiger partial charge in [0, 0.05) is 85.0 Å². The van der Waals surface area contributed by atoms with Gasteiger partial charge < -0.3 is 40.9 Å². The fraction of sp³-hybridized carbons (Fsp3) is 0.312. The van der Waals surface area contributed by atoms with Gasteiger partial charge in [0.05, 0.1) is 92.0 Å². The van der Waals surface area contributed by atoms with Crippen molar-refractivity contribution in [3.8, 4) is 0 Å². The quantitative estimate of drug-likeness (QED) is 0.0616. The second-order valence-electron chi connectivity index (χ2n) is 30.0. The van der Waals surface area contributed by atoms with E-state index in [0.29, 0.717) is 45.3 Å². The Morgan fingerprint density at radius 1 is 0.398 bits per heavy atom. The Kier molecular flexibility index (Phi) is 29.5. The minimum absolute atomic E-state index is 0. The fourth-order valence-electron chi connectivity index (χ4n) is 14.6. The Hall–Kier alpha value is -13.2. The maximum absolute atomic E-state index is 13.7. The lowest BCUT2D eigenvalue weighted by atomic mass is 10.0. The molecular weight excluding hydrogens is 1590 g/mol. The molecule has 638 valence electrons. The molecule has 17 rings (SSSR count). The van der Waals surface area contributed by atoms with E-state index >= 15 is 0 Å². The third-order valence-electron chi connectivity index (χ3n) is 21.1. The zero-order valence-corrected chi connectivity index (χ0v) is 67.9. The number of halogens is 6. The van der Waals surface area contributed by atoms with E-state index < -0.39 is 17.3 Å². The van der Waals surface area contributed by atoms with Crippen LogP contribution in [-0.2, 0) is 37.1 Å². The summed E-state index contributed by atoms with van der Waals surface area (Å²) >= 11 is 5.90. The number of rotatable bonds is 17. The Bertz CT molecular complexity index is 5550. The molecule has 1 fully saturated rings. The van der Waals surface area contributed by atoms with Gasteiger partial charge in [0.15, 0.2) is 0 Å². The standard InChI is InChI=1S/C23H22F3N5O.C23H22FN5O.C22H22ClN5O.C22H22FN5O.3CH4/c1-14(29-22(32)15-5-7-16(24)8-6-15)17-9-10-19-18(30-17)4-3-11-31(19)21-12-20(23(2,25)26)27-13-28-21;1-15-25-13-10-21(26-15)29-14-2-3-18-19(29)8-9-20(27-18)23(11-12-23)28-22(30)16-4-6-17(24)7-5-16;2*1-14(25-22(29)16-5-7-17(23)8-6-16)18-9-10-20-19(27-18)4-3-13-28(20)21-11-12-24-15(2)26-21;;;/h5-10,12-14H,3-4,11H2,1-2H3,(H,29,32);4-10,13H,2-3,11-12,14H2,1H3,(H,28,30);2*5-12,14H,3-4,13H2,1-2H3,(H,25,29);3*1H4. The second-order valence-corrected chi connectivity index (χ2v) is 30.4. The molecule has 3 atom stereocenters. The van der Waals surface area contributed by atoms with Gasteiger partial charge in [-0.2, -0.15) is 8.78 Å². The largest absolute Gasteiger partial charge is 0.344 e. The molecule has 4 aliphatic heterocycles. The van der Waals surface area contributed by atoms with Gasteiger partial charge in [-0.25, -0.2) is 53.0 Å². The summed E-state index contributed by atoms with van der Waals surface area (Å²) in [6, 6.07) is 45.2. The van der Waals surface area contributed by atoms with Crippen molar-refractivity contribution in [1.29, 1.82) is 0 Å². The number of nitrogens with zero attached hydrogens (tertiary/aromatic N) is 16. The van der Waals surface area contributed by atoms with Crippen LogP contribution in [0.5, 0.6) is 0 Å². The van der Waals surface area contributed by atoms with Crippen LogP contribution in [-0.4, -0.2) is 110 Å². The molecule has 4 N–H and O–H groups in total. The molecule has 24 nitrogen and oxygen atoms in total. The third kappa shape index (κ3) is 22.1. The van der Waals surface area contributed by atoms with Crippen LogP contribution in [0.2, 0.25) is 5.02 Å². The number of fused-ring (bicyclic) bond motifs is 4. The highest BCUT2D eigenvalue weighted by atomic mass is 35.5. The maximum atomic E-state index is 13.7. The van der Waals surface area contributed by atoms with Crippen LogP contribution in [0.3, 0.4) is 0 Å². The van der Waals surface area contributed by atoms with E-state index in [1.807, 2.05) is 95.0 Å². The molecule has 30 heteroatoms. The average Bonchev–Trinajstić information content (AvgIpc) is 1.61. The summed E-state index contributed by atoms with van der Waals surface area (Å²) in [6.45, 7) is 15.4. The van der Waals surface area contributed by atoms with Gasteiger partial charge in [-0.1, -0.05) is 33.9 Å². The summed E-state index contributed by atoms with van der Waals surface area (Å²) < 4.78 is 66.7. The van der Waals surface area contributed by atoms with Crippen LogP contribution in [0.1, 0.15) is 217 Å². The zero-order chi connectivity index (χ0) is 84.4. The minimum atomic E-state index is -3.06. The number of aryl methyl sites for hydroxylation is 7. The predicted octanol–water partition coefficient (Wildman–Crippen LogP) is 18.7. The summed E-state index contributed by atoms with van der Waals surface area (Å²) in [4.78, 5) is 112. The SMILES string of the molecule is C.C.C.CC(NC(=O)c1ccc(F)cc1)c1ccc2c(n1)CCCN2c1cc(C(C)(F)F)ncn1.Cc1nccc(N2CCCc3nc(C(C)NC(=O)c4ccc(Cl)cc4)ccc32)n1.Cc1nccc(N2CCCc3nc(C(C)NC(=O)c4ccc(F)cc4)ccc32)n1.Cc1nccc(N2CCCc3nc(C4(NC(=O)c5ccc(F)cc5)CC4)ccc32)n1. The number of nitrogens with one attached hydrogen (secondary N) is 4. The topological polar surface area (TPSA) is 284 Å². The maximum Gasteiger partial charge on any atom is 0.287 e. The van der Waals surface area contributed by atoms with Crippen LogP contribution in [0.15, 0.2) is 195 Å². The molecule has 4 amide bonds. The number of pyridine rings is 4. The van der Waals surface area contributed by atoms with Crippen LogP contribution in [0.25, 0.3) is 0 Å². The number of carbonyl (C=O) groups excluding carboxylic acids is 4. The first-order valence-corrected chi connectivity index (χ1v) is 40.1. The summed E-state index contributed by atoms with van der Waals surface area (Å²) in [7, 11) is 0. The van der Waals surface area contributed by atoms with Crippen molar-refractivity contribution < 1.29 is 41.1 Å². The number of hydrogen-bond donors (Lipinski definition) is 4. The van der Waals surface area contributed by atoms with Crippen molar-refractivity contribution in [2.75, 3.05) is 45.8 Å². The van der Waals surface area contributed by atoms with E-state index in [-0.39, 0.29) is 81.4 Å². The lowest BCUT2D eigenvalue weighted by Gasteiger charge is -2.30. The van der Waals surface area contributed by atoms with E-state index in [1.165, 1.54) is 78.9 Å². The Balaban J connectivity index is 0.000000159. The molecule has 0 radical (unpaired) electrons. The van der Waals surface area contributed by atoms with Gasteiger partial charge in [0.2, 0.25) is 0 Å². The molecule has 5 aliphatic rings. The van der Waals surface area contributed by atoms with Gasteiger partial charge in [-0.05, 0) is 270 Å². The van der Waals surface area contributed by atoms with Gasteiger partial charge in [-0.3, -0.25) is 39.1 Å². The van der Waals surface area contributed by atoms with Crippen molar-refractivity contribution in [2.45, 2.75) is 165 Å². The molecule has 3 unspecified atom stereocenters. The number of anilines is 8. The molecule has 123 heavy (non-hydrogen) atoms. The van der Waals surface area contributed by atoms with Crippen molar-refractivity contribution >= 4 is 81.3 Å². The smallest absolute Gasteiger partial charge is 0.287 e. The van der Waals surface area contributed by atoms with E-state index in [1.54, 1.807) is 48.9 Å². The lowest BCUT2D eigenvalue weighted by Crippen LogP contribution is -2.36. The first-order valence-electron chi connectivity index (χ1n) is 39.8. The Morgan fingerprint density at radius 2 is 0.715 bits per heavy atom. The molecule has 0 saturated heterocycles. The van der Waals surface area contributed by atoms with E-state index in [4.69, 9.17) is 31.5 Å². The number of carbonyl (C=O) groups is 4. The van der Waals surface area contributed by atoms with Gasteiger partial charge in [0.1, 0.15) is 70.2 Å². The number of amides is 4. The summed E-state index contributed by atoms with van der Waals surface area (Å²) in [6.07, 6.45) is 15.3. The first kappa shape index (κ1) is 90.6. The van der Waals surface area contributed by atoms with Crippen molar-refractivity contribution in [1.82, 2.24) is 81.1 Å². The molecule has 4 aromatic carbocycles. The number of benzene rings is 4. The number of aromatic nitrogens is 12. The molecule has 12 heterocycles. The molecule has 0 spiro atoms. The van der Waals surface area contributed by atoms with Gasteiger partial charge in [0.25, 0.3) is 29.6 Å². The molecule has 8 aromatic heterocycles. The van der Waals surface area contributed by atoms with Crippen molar-refractivity contribution in [2.24, 2.45) is 0 Å². The highest BCUT2D eigenvalue weighted by Gasteiger charge is 2.48. The number of alkyl halides is 2. The van der Waals surface area contributed by atoms with E-state index in [9.17, 15) is 41.1 Å². The Morgan fingerprint density at radius 3 is 1.05 bits per heavy atom. The molecule has 0 bridgehead atoms. The van der Waals surface area contributed by atoms with Gasteiger partial charge in [-0.15, -0.1) is 0 Å². The van der Waals surface area contributed by atoms with Crippen LogP contribution in [0, 0.1) is 38.2 Å². The van der Waals surface area contributed by atoms with Crippen molar-refractivity contribution in [3.63, 3.8) is 0 Å². The molecule has 1 aliphatic carbocycles. The third-order valence-corrected chi connectivity index (χ3v) is 21.3. The monoisotopic (exact) mass is 1690 g/mol. The summed E-state index contributed by atoms with van der Waals surface area (Å²) in [5, 5.41) is 12.5. The Labute approximate surface area is 718 Å². The second kappa shape index (κ2) is 40.0. The number of hydrogen-bond acceptors (Lipinski definition) is 20. The zero-order valence-electron chi connectivity index (χ0n) is 67.2. The van der Waals surface area contributed by atoms with Crippen molar-refractivity contribution in [3.05, 3.63) is 308 Å². The minimum Gasteiger partial charge on any atom is -0.344 e. The van der Waals surface area contributed by atoms with Gasteiger partial charge >= 0.3 is 0 Å². The summed E-state index contributed by atoms with van der Waals surface area (Å²) in [5.41, 5.74) is 12.0. The van der Waals surface area contributed by atoms with E-state index in [0.717, 1.165) is 195 Å². The van der Waals surface area contributed by atoms with Crippen LogP contribution < -0.4 is 40.9 Å². The summed E-state index contributed by atoms with van der Waals surface area (Å²) in [5.74, 6) is 0.127. The predicted molar refractivity (Wildman–Crippen MR) is 467 cm³/mol. The molecule has 1 saturated carbocycles. The van der Waals surface area contributed by atoms with Crippen LogP contribution in [0.4, 0.5) is 68.0 Å². The highest BCUT2D eigenvalue weighted by molar-refractivity contribution is 6.30. The molecular formula is C93H100ClF5N20O4. The normalized spacial score (nSPS) is 14.6. The van der Waals surface area contributed by atoms with E-state index in [2.05, 4.69) is 88.0 Å².